The number of para-hydroxylation sites is 1. The fourth-order valence-electron chi connectivity index (χ4n) is 2.78. The lowest BCUT2D eigenvalue weighted by Crippen LogP contribution is -2.50. The standard InChI is InChI=1S/C18H22N4O/c1-15-6-2-3-7-16(15)20-14-18(23)22-12-10-21(11-13-22)17-8-4-5-9-19-17/h2-9,20H,10-14H2,1H3. The quantitative estimate of drug-likeness (QED) is 0.940. The van der Waals surface area contributed by atoms with Crippen LogP contribution in [0, 0.1) is 6.92 Å². The number of hydrogen-bond donors (Lipinski definition) is 1. The van der Waals surface area contributed by atoms with Crippen molar-refractivity contribution in [1.29, 1.82) is 0 Å². The lowest BCUT2D eigenvalue weighted by Gasteiger charge is -2.35. The van der Waals surface area contributed by atoms with Gasteiger partial charge < -0.3 is 15.1 Å². The number of nitrogens with one attached hydrogen (secondary N) is 1. The maximum Gasteiger partial charge on any atom is 0.241 e. The fraction of sp³-hybridized carbons (Fsp3) is 0.333. The predicted octanol–water partition coefficient (Wildman–Crippen LogP) is 2.15. The number of piperazine rings is 1. The molecule has 1 aromatic carbocycles. The first-order chi connectivity index (χ1) is 11.2. The molecule has 0 spiro atoms. The first kappa shape index (κ1) is 15.3. The van der Waals surface area contributed by atoms with Crippen LogP contribution in [0.15, 0.2) is 48.7 Å². The van der Waals surface area contributed by atoms with Crippen LogP contribution < -0.4 is 10.2 Å². The minimum absolute atomic E-state index is 0.147. The largest absolute Gasteiger partial charge is 0.376 e. The Hall–Kier alpha value is -2.56. The van der Waals surface area contributed by atoms with Crippen LogP contribution >= 0.6 is 0 Å². The van der Waals surface area contributed by atoms with Crippen molar-refractivity contribution in [1.82, 2.24) is 9.88 Å². The molecule has 1 N–H and O–H groups in total. The van der Waals surface area contributed by atoms with Gasteiger partial charge in [0.15, 0.2) is 0 Å². The molecule has 0 saturated carbocycles. The monoisotopic (exact) mass is 310 g/mol. The third-order valence-electron chi connectivity index (χ3n) is 4.18. The van der Waals surface area contributed by atoms with E-state index in [-0.39, 0.29) is 5.91 Å². The van der Waals surface area contributed by atoms with Crippen LogP contribution in [0.2, 0.25) is 0 Å². The third-order valence-corrected chi connectivity index (χ3v) is 4.18. The van der Waals surface area contributed by atoms with Gasteiger partial charge in [0.1, 0.15) is 5.82 Å². The van der Waals surface area contributed by atoms with Crippen molar-refractivity contribution in [3.05, 3.63) is 54.2 Å². The molecule has 5 nitrogen and oxygen atoms in total. The first-order valence-electron chi connectivity index (χ1n) is 7.97. The molecule has 0 atom stereocenters. The summed E-state index contributed by atoms with van der Waals surface area (Å²) in [6.45, 7) is 5.52. The maximum atomic E-state index is 12.4. The van der Waals surface area contributed by atoms with E-state index in [1.165, 1.54) is 0 Å². The molecule has 0 bridgehead atoms. The number of amides is 1. The second kappa shape index (κ2) is 7.13. The van der Waals surface area contributed by atoms with E-state index >= 15 is 0 Å². The fourth-order valence-corrected chi connectivity index (χ4v) is 2.78. The molecule has 23 heavy (non-hydrogen) atoms. The molecule has 2 aromatic rings. The van der Waals surface area contributed by atoms with Gasteiger partial charge in [0, 0.05) is 38.1 Å². The molecule has 2 heterocycles. The van der Waals surface area contributed by atoms with Gasteiger partial charge in [-0.1, -0.05) is 24.3 Å². The Bertz CT molecular complexity index is 651. The lowest BCUT2D eigenvalue weighted by atomic mass is 10.2. The van der Waals surface area contributed by atoms with Crippen molar-refractivity contribution in [2.24, 2.45) is 0 Å². The first-order valence-corrected chi connectivity index (χ1v) is 7.97. The van der Waals surface area contributed by atoms with Gasteiger partial charge in [-0.3, -0.25) is 4.79 Å². The molecule has 1 fully saturated rings. The number of nitrogens with zero attached hydrogens (tertiary/aromatic N) is 3. The summed E-state index contributed by atoms with van der Waals surface area (Å²) in [5, 5.41) is 3.24. The van der Waals surface area contributed by atoms with Crippen LogP contribution in [-0.2, 0) is 4.79 Å². The zero-order valence-corrected chi connectivity index (χ0v) is 13.4. The number of rotatable bonds is 4. The number of aryl methyl sites for hydroxylation is 1. The molecule has 1 aliphatic heterocycles. The van der Waals surface area contributed by atoms with E-state index in [4.69, 9.17) is 0 Å². The summed E-state index contributed by atoms with van der Waals surface area (Å²) in [7, 11) is 0. The normalized spacial score (nSPS) is 14.7. The number of benzene rings is 1. The van der Waals surface area contributed by atoms with Crippen molar-refractivity contribution in [2.75, 3.05) is 42.9 Å². The number of aromatic nitrogens is 1. The highest BCUT2D eigenvalue weighted by molar-refractivity contribution is 5.81. The molecule has 0 aliphatic carbocycles. The highest BCUT2D eigenvalue weighted by Crippen LogP contribution is 2.14. The van der Waals surface area contributed by atoms with Crippen molar-refractivity contribution in [3.63, 3.8) is 0 Å². The van der Waals surface area contributed by atoms with E-state index in [0.29, 0.717) is 6.54 Å². The predicted molar refractivity (Wildman–Crippen MR) is 92.7 cm³/mol. The van der Waals surface area contributed by atoms with Crippen LogP contribution in [0.5, 0.6) is 0 Å². The van der Waals surface area contributed by atoms with E-state index in [1.54, 1.807) is 6.20 Å². The minimum Gasteiger partial charge on any atom is -0.376 e. The lowest BCUT2D eigenvalue weighted by molar-refractivity contribution is -0.129. The highest BCUT2D eigenvalue weighted by atomic mass is 16.2. The summed E-state index contributed by atoms with van der Waals surface area (Å²) in [5.74, 6) is 1.13. The van der Waals surface area contributed by atoms with Gasteiger partial charge >= 0.3 is 0 Å². The van der Waals surface area contributed by atoms with Gasteiger partial charge in [-0.2, -0.15) is 0 Å². The van der Waals surface area contributed by atoms with Gasteiger partial charge in [-0.25, -0.2) is 4.98 Å². The van der Waals surface area contributed by atoms with Crippen molar-refractivity contribution in [3.8, 4) is 0 Å². The Balaban J connectivity index is 1.50. The number of carbonyl (C=O) groups excluding carboxylic acids is 1. The van der Waals surface area contributed by atoms with Crippen molar-refractivity contribution in [2.45, 2.75) is 6.92 Å². The van der Waals surface area contributed by atoms with Gasteiger partial charge in [0.2, 0.25) is 5.91 Å². The van der Waals surface area contributed by atoms with E-state index in [0.717, 1.165) is 43.2 Å². The molecule has 1 amide bonds. The average molecular weight is 310 g/mol. The zero-order chi connectivity index (χ0) is 16.1. The molecule has 1 saturated heterocycles. The molecule has 3 rings (SSSR count). The molecule has 0 unspecified atom stereocenters. The second-order valence-corrected chi connectivity index (χ2v) is 5.72. The number of anilines is 2. The Kier molecular flexibility index (Phi) is 4.76. The summed E-state index contributed by atoms with van der Waals surface area (Å²) < 4.78 is 0. The average Bonchev–Trinajstić information content (AvgIpc) is 2.62. The second-order valence-electron chi connectivity index (χ2n) is 5.72. The smallest absolute Gasteiger partial charge is 0.241 e. The zero-order valence-electron chi connectivity index (χ0n) is 13.4. The summed E-state index contributed by atoms with van der Waals surface area (Å²) in [6.07, 6.45) is 1.80. The SMILES string of the molecule is Cc1ccccc1NCC(=O)N1CCN(c2ccccn2)CC1. The summed E-state index contributed by atoms with van der Waals surface area (Å²) in [5.41, 5.74) is 2.17. The van der Waals surface area contributed by atoms with Gasteiger partial charge in [-0.15, -0.1) is 0 Å². The van der Waals surface area contributed by atoms with Crippen molar-refractivity contribution < 1.29 is 4.79 Å². The molecule has 5 heteroatoms. The molecular weight excluding hydrogens is 288 g/mol. The number of hydrogen-bond acceptors (Lipinski definition) is 4. The Labute approximate surface area is 136 Å². The van der Waals surface area contributed by atoms with E-state index in [9.17, 15) is 4.79 Å². The Morgan fingerprint density at radius 1 is 1.09 bits per heavy atom. The number of pyridine rings is 1. The van der Waals surface area contributed by atoms with Crippen molar-refractivity contribution >= 4 is 17.4 Å². The highest BCUT2D eigenvalue weighted by Gasteiger charge is 2.21. The maximum absolute atomic E-state index is 12.4. The van der Waals surface area contributed by atoms with Gasteiger partial charge in [0.25, 0.3) is 0 Å². The third kappa shape index (κ3) is 3.80. The summed E-state index contributed by atoms with van der Waals surface area (Å²) in [4.78, 5) is 20.9. The summed E-state index contributed by atoms with van der Waals surface area (Å²) in [6, 6.07) is 13.9. The Morgan fingerprint density at radius 3 is 2.52 bits per heavy atom. The topological polar surface area (TPSA) is 48.5 Å². The van der Waals surface area contributed by atoms with Gasteiger partial charge in [0.05, 0.1) is 6.54 Å². The summed E-state index contributed by atoms with van der Waals surface area (Å²) >= 11 is 0. The molecule has 0 radical (unpaired) electrons. The molecular formula is C18H22N4O. The van der Waals surface area contributed by atoms with E-state index in [1.807, 2.05) is 54.3 Å². The molecule has 1 aromatic heterocycles. The van der Waals surface area contributed by atoms with Crippen LogP contribution in [-0.4, -0.2) is 48.5 Å². The van der Waals surface area contributed by atoms with Crippen LogP contribution in [0.1, 0.15) is 5.56 Å². The van der Waals surface area contributed by atoms with Crippen LogP contribution in [0.4, 0.5) is 11.5 Å². The van der Waals surface area contributed by atoms with E-state index in [2.05, 4.69) is 15.2 Å². The Morgan fingerprint density at radius 2 is 1.83 bits per heavy atom. The molecule has 1 aliphatic rings. The van der Waals surface area contributed by atoms with Gasteiger partial charge in [-0.05, 0) is 30.7 Å². The number of carbonyl (C=O) groups is 1. The van der Waals surface area contributed by atoms with Crippen LogP contribution in [0.3, 0.4) is 0 Å². The minimum atomic E-state index is 0.147. The van der Waals surface area contributed by atoms with E-state index < -0.39 is 0 Å². The van der Waals surface area contributed by atoms with Crippen LogP contribution in [0.25, 0.3) is 0 Å². The molecule has 120 valence electrons.